The predicted molar refractivity (Wildman–Crippen MR) is 99.0 cm³/mol. The molecule has 0 heterocycles. The van der Waals surface area contributed by atoms with Crippen LogP contribution in [0.1, 0.15) is 12.5 Å². The minimum Gasteiger partial charge on any atom is -0.508 e. The monoisotopic (exact) mass is 363 g/mol. The summed E-state index contributed by atoms with van der Waals surface area (Å²) in [5.74, 6) is 0.317. The molecule has 0 aromatic heterocycles. The standard InChI is InChI=1S/C20H17N3O4/c1-2-26-19-12-14(3-8-18(19)27-10-9-21)11-15(13-22)20(25)23-16-4-6-17(24)7-5-16/h3-8,11-12,24H,2,10H2,1H3,(H,23,25)/b15-11+. The number of benzene rings is 2. The van der Waals surface area contributed by atoms with Crippen LogP contribution in [0, 0.1) is 22.7 Å². The molecule has 0 saturated carbocycles. The fourth-order valence-electron chi connectivity index (χ4n) is 2.17. The Morgan fingerprint density at radius 1 is 1.15 bits per heavy atom. The SMILES string of the molecule is CCOc1cc(/C=C(\C#N)C(=O)Nc2ccc(O)cc2)ccc1OCC#N. The topological polar surface area (TPSA) is 115 Å². The van der Waals surface area contributed by atoms with E-state index in [1.54, 1.807) is 18.2 Å². The number of phenols is 1. The van der Waals surface area contributed by atoms with Gasteiger partial charge in [0.2, 0.25) is 0 Å². The maximum Gasteiger partial charge on any atom is 0.266 e. The van der Waals surface area contributed by atoms with Crippen LogP contribution in [0.4, 0.5) is 5.69 Å². The highest BCUT2D eigenvalue weighted by atomic mass is 16.5. The van der Waals surface area contributed by atoms with Gasteiger partial charge in [0.1, 0.15) is 23.5 Å². The van der Waals surface area contributed by atoms with Crippen LogP contribution >= 0.6 is 0 Å². The first-order chi connectivity index (χ1) is 13.1. The van der Waals surface area contributed by atoms with Crippen molar-refractivity contribution in [2.24, 2.45) is 0 Å². The van der Waals surface area contributed by atoms with E-state index in [4.69, 9.17) is 14.7 Å². The Kier molecular flexibility index (Phi) is 6.81. The first-order valence-electron chi connectivity index (χ1n) is 8.06. The van der Waals surface area contributed by atoms with Crippen LogP contribution in [0.2, 0.25) is 0 Å². The Bertz CT molecular complexity index is 922. The number of anilines is 1. The first-order valence-corrected chi connectivity index (χ1v) is 8.06. The summed E-state index contributed by atoms with van der Waals surface area (Å²) in [6, 6.07) is 14.5. The van der Waals surface area contributed by atoms with E-state index in [9.17, 15) is 15.2 Å². The zero-order valence-corrected chi connectivity index (χ0v) is 14.6. The van der Waals surface area contributed by atoms with Gasteiger partial charge < -0.3 is 19.9 Å². The van der Waals surface area contributed by atoms with Gasteiger partial charge in [0.05, 0.1) is 6.61 Å². The summed E-state index contributed by atoms with van der Waals surface area (Å²) in [5, 5.41) is 29.8. The molecule has 0 aliphatic heterocycles. The van der Waals surface area contributed by atoms with Crippen LogP contribution in [-0.2, 0) is 4.79 Å². The molecule has 2 N–H and O–H groups in total. The Labute approximate surface area is 156 Å². The molecule has 0 atom stereocenters. The lowest BCUT2D eigenvalue weighted by atomic mass is 10.1. The van der Waals surface area contributed by atoms with Crippen molar-refractivity contribution in [3.8, 4) is 29.4 Å². The van der Waals surface area contributed by atoms with Crippen LogP contribution in [-0.4, -0.2) is 24.2 Å². The van der Waals surface area contributed by atoms with Crippen molar-refractivity contribution in [3.63, 3.8) is 0 Å². The van der Waals surface area contributed by atoms with Crippen LogP contribution in [0.25, 0.3) is 6.08 Å². The van der Waals surface area contributed by atoms with Gasteiger partial charge in [-0.3, -0.25) is 4.79 Å². The van der Waals surface area contributed by atoms with Gasteiger partial charge in [0.25, 0.3) is 5.91 Å². The summed E-state index contributed by atoms with van der Waals surface area (Å²) in [5.41, 5.74) is 0.922. The van der Waals surface area contributed by atoms with E-state index < -0.39 is 5.91 Å². The molecule has 1 amide bonds. The van der Waals surface area contributed by atoms with E-state index >= 15 is 0 Å². The highest BCUT2D eigenvalue weighted by Crippen LogP contribution is 2.29. The number of nitriles is 2. The number of amides is 1. The average molecular weight is 363 g/mol. The number of hydrogen-bond donors (Lipinski definition) is 2. The quantitative estimate of drug-likeness (QED) is 0.443. The molecule has 7 nitrogen and oxygen atoms in total. The van der Waals surface area contributed by atoms with E-state index in [0.29, 0.717) is 29.4 Å². The third-order valence-electron chi connectivity index (χ3n) is 3.36. The van der Waals surface area contributed by atoms with Gasteiger partial charge in [-0.2, -0.15) is 10.5 Å². The van der Waals surface area contributed by atoms with Crippen LogP contribution in [0.15, 0.2) is 48.0 Å². The lowest BCUT2D eigenvalue weighted by Crippen LogP contribution is -2.13. The molecule has 2 aromatic carbocycles. The van der Waals surface area contributed by atoms with Crippen molar-refractivity contribution in [1.82, 2.24) is 0 Å². The highest BCUT2D eigenvalue weighted by Gasteiger charge is 2.11. The Morgan fingerprint density at radius 3 is 2.52 bits per heavy atom. The molecule has 0 radical (unpaired) electrons. The number of hydrogen-bond acceptors (Lipinski definition) is 6. The molecule has 0 aliphatic carbocycles. The van der Waals surface area contributed by atoms with Crippen molar-refractivity contribution in [3.05, 3.63) is 53.6 Å². The molecule has 136 valence electrons. The molecular formula is C20H17N3O4. The molecule has 2 aromatic rings. The second kappa shape index (κ2) is 9.50. The van der Waals surface area contributed by atoms with E-state index in [1.807, 2.05) is 19.1 Å². The lowest BCUT2D eigenvalue weighted by molar-refractivity contribution is -0.112. The molecule has 0 aliphatic rings. The van der Waals surface area contributed by atoms with Crippen molar-refractivity contribution >= 4 is 17.7 Å². The van der Waals surface area contributed by atoms with Crippen LogP contribution < -0.4 is 14.8 Å². The second-order valence-electron chi connectivity index (χ2n) is 5.26. The number of ether oxygens (including phenoxy) is 2. The molecule has 0 saturated heterocycles. The van der Waals surface area contributed by atoms with E-state index in [1.165, 1.54) is 30.3 Å². The molecule has 0 bridgehead atoms. The molecule has 0 unspecified atom stereocenters. The summed E-state index contributed by atoms with van der Waals surface area (Å²) in [4.78, 5) is 12.3. The van der Waals surface area contributed by atoms with E-state index in [2.05, 4.69) is 5.32 Å². The summed E-state index contributed by atoms with van der Waals surface area (Å²) in [7, 11) is 0. The number of carbonyl (C=O) groups excluding carboxylic acids is 1. The molecule has 2 rings (SSSR count). The Hall–Kier alpha value is -3.97. The molecular weight excluding hydrogens is 346 g/mol. The van der Waals surface area contributed by atoms with Gasteiger partial charge in [0.15, 0.2) is 18.1 Å². The fourth-order valence-corrected chi connectivity index (χ4v) is 2.17. The first kappa shape index (κ1) is 19.4. The largest absolute Gasteiger partial charge is 0.508 e. The fraction of sp³-hybridized carbons (Fsp3) is 0.150. The van der Waals surface area contributed by atoms with Crippen LogP contribution in [0.5, 0.6) is 17.2 Å². The van der Waals surface area contributed by atoms with Crippen molar-refractivity contribution in [1.29, 1.82) is 10.5 Å². The highest BCUT2D eigenvalue weighted by molar-refractivity contribution is 6.09. The van der Waals surface area contributed by atoms with Gasteiger partial charge >= 0.3 is 0 Å². The van der Waals surface area contributed by atoms with Crippen molar-refractivity contribution in [2.45, 2.75) is 6.92 Å². The van der Waals surface area contributed by atoms with Crippen molar-refractivity contribution < 1.29 is 19.4 Å². The van der Waals surface area contributed by atoms with Gasteiger partial charge in [-0.15, -0.1) is 0 Å². The van der Waals surface area contributed by atoms with Gasteiger partial charge in [0, 0.05) is 5.69 Å². The minimum atomic E-state index is -0.578. The van der Waals surface area contributed by atoms with Gasteiger partial charge in [-0.1, -0.05) is 6.07 Å². The summed E-state index contributed by atoms with van der Waals surface area (Å²) in [6.45, 7) is 2.08. The number of carbonyl (C=O) groups is 1. The molecule has 0 fully saturated rings. The summed E-state index contributed by atoms with van der Waals surface area (Å²) in [6.07, 6.45) is 1.42. The lowest BCUT2D eigenvalue weighted by Gasteiger charge is -2.11. The third-order valence-corrected chi connectivity index (χ3v) is 3.36. The molecule has 0 spiro atoms. The van der Waals surface area contributed by atoms with E-state index in [0.717, 1.165) is 0 Å². The second-order valence-corrected chi connectivity index (χ2v) is 5.26. The smallest absolute Gasteiger partial charge is 0.266 e. The maximum absolute atomic E-state index is 12.3. The predicted octanol–water partition coefficient (Wildman–Crippen LogP) is 3.24. The van der Waals surface area contributed by atoms with Gasteiger partial charge in [-0.25, -0.2) is 0 Å². The normalized spacial score (nSPS) is 10.4. The third kappa shape index (κ3) is 5.52. The average Bonchev–Trinajstić information content (AvgIpc) is 2.67. The number of nitrogens with zero attached hydrogens (tertiary/aromatic N) is 2. The summed E-state index contributed by atoms with van der Waals surface area (Å²) >= 11 is 0. The number of nitrogens with one attached hydrogen (secondary N) is 1. The molecule has 27 heavy (non-hydrogen) atoms. The zero-order valence-electron chi connectivity index (χ0n) is 14.6. The summed E-state index contributed by atoms with van der Waals surface area (Å²) < 4.78 is 10.8. The maximum atomic E-state index is 12.3. The van der Waals surface area contributed by atoms with Crippen molar-refractivity contribution in [2.75, 3.05) is 18.5 Å². The number of rotatable bonds is 7. The minimum absolute atomic E-state index is 0.0752. The molecule has 7 heteroatoms. The van der Waals surface area contributed by atoms with Crippen LogP contribution in [0.3, 0.4) is 0 Å². The Morgan fingerprint density at radius 2 is 1.89 bits per heavy atom. The Balaban J connectivity index is 2.24. The van der Waals surface area contributed by atoms with Gasteiger partial charge in [-0.05, 0) is 55.0 Å². The zero-order chi connectivity index (χ0) is 19.6. The number of aromatic hydroxyl groups is 1. The van der Waals surface area contributed by atoms with E-state index in [-0.39, 0.29) is 17.9 Å². The number of phenolic OH excluding ortho intramolecular Hbond substituents is 1.